The Hall–Kier alpha value is -4.17. The molecule has 2 aliphatic heterocycles. The molecule has 3 aromatic carbocycles. The zero-order valence-electron chi connectivity index (χ0n) is 21.4. The summed E-state index contributed by atoms with van der Waals surface area (Å²) in [6, 6.07) is 22.4. The monoisotopic (exact) mass is 514 g/mol. The number of aliphatic imine (C=N–C) groups is 1. The summed E-state index contributed by atoms with van der Waals surface area (Å²) < 4.78 is 17.6. The quantitative estimate of drug-likeness (QED) is 0.481. The second-order valence-corrected chi connectivity index (χ2v) is 9.42. The van der Waals surface area contributed by atoms with Crippen molar-refractivity contribution >= 4 is 17.7 Å². The molecule has 0 aliphatic carbocycles. The third-order valence-electron chi connectivity index (χ3n) is 6.94. The normalized spacial score (nSPS) is 20.4. The lowest BCUT2D eigenvalue weighted by atomic mass is 9.81. The lowest BCUT2D eigenvalue weighted by molar-refractivity contribution is -0.149. The van der Waals surface area contributed by atoms with Gasteiger partial charge >= 0.3 is 0 Å². The highest BCUT2D eigenvalue weighted by atomic mass is 16.5. The molecule has 0 saturated heterocycles. The van der Waals surface area contributed by atoms with Gasteiger partial charge in [-0.05, 0) is 53.1 Å². The van der Waals surface area contributed by atoms with Crippen LogP contribution in [0.1, 0.15) is 41.7 Å². The van der Waals surface area contributed by atoms with Crippen LogP contribution < -0.4 is 9.47 Å². The Labute approximate surface area is 221 Å². The minimum atomic E-state index is -1.39. The van der Waals surface area contributed by atoms with E-state index in [1.54, 1.807) is 19.2 Å². The molecule has 1 N–H and O–H groups in total. The summed E-state index contributed by atoms with van der Waals surface area (Å²) in [5.41, 5.74) is 1.87. The second kappa shape index (κ2) is 10.7. The minimum Gasteiger partial charge on any atom is -0.497 e. The number of aliphatic hydroxyl groups excluding tert-OH is 1. The van der Waals surface area contributed by atoms with Gasteiger partial charge in [-0.3, -0.25) is 14.5 Å². The zero-order valence-corrected chi connectivity index (χ0v) is 21.4. The van der Waals surface area contributed by atoms with Crippen molar-refractivity contribution in [3.63, 3.8) is 0 Å². The van der Waals surface area contributed by atoms with Crippen LogP contribution in [0.4, 0.5) is 0 Å². The fourth-order valence-corrected chi connectivity index (χ4v) is 4.98. The number of hydrogen-bond donors (Lipinski definition) is 1. The maximum atomic E-state index is 14.2. The number of ether oxygens (including phenoxy) is 3. The third-order valence-corrected chi connectivity index (χ3v) is 6.94. The number of amides is 2. The molecular formula is C30H30N2O6. The third kappa shape index (κ3) is 4.75. The summed E-state index contributed by atoms with van der Waals surface area (Å²) in [7, 11) is 1.58. The van der Waals surface area contributed by atoms with E-state index in [0.29, 0.717) is 36.0 Å². The number of hydrogen-bond acceptors (Lipinski definition) is 7. The molecule has 0 unspecified atom stereocenters. The maximum Gasteiger partial charge on any atom is 0.262 e. The van der Waals surface area contributed by atoms with Crippen molar-refractivity contribution in [2.75, 3.05) is 20.3 Å². The Morgan fingerprint density at radius 3 is 2.55 bits per heavy atom. The van der Waals surface area contributed by atoms with Gasteiger partial charge in [0.15, 0.2) is 11.6 Å². The highest BCUT2D eigenvalue weighted by molar-refractivity contribution is 6.05. The molecule has 8 heteroatoms. The fourth-order valence-electron chi connectivity index (χ4n) is 4.98. The van der Waals surface area contributed by atoms with Crippen LogP contribution in [-0.4, -0.2) is 53.6 Å². The number of aliphatic hydroxyl groups is 1. The Morgan fingerprint density at radius 1 is 1.08 bits per heavy atom. The molecule has 2 aliphatic rings. The van der Waals surface area contributed by atoms with Gasteiger partial charge in [0.25, 0.3) is 5.91 Å². The number of fused-ring (bicyclic) bond motifs is 1. The van der Waals surface area contributed by atoms with Crippen LogP contribution in [0.3, 0.4) is 0 Å². The average molecular weight is 515 g/mol. The van der Waals surface area contributed by atoms with E-state index in [4.69, 9.17) is 24.3 Å². The number of rotatable bonds is 7. The largest absolute Gasteiger partial charge is 0.497 e. The predicted octanol–water partition coefficient (Wildman–Crippen LogP) is 3.84. The molecule has 2 atom stereocenters. The highest BCUT2D eigenvalue weighted by Gasteiger charge is 2.56. The fraction of sp³-hybridized carbons (Fsp3) is 0.300. The van der Waals surface area contributed by atoms with Gasteiger partial charge < -0.3 is 19.3 Å². The molecule has 1 spiro atoms. The molecule has 3 aromatic rings. The van der Waals surface area contributed by atoms with Gasteiger partial charge in [0.05, 0.1) is 20.3 Å². The van der Waals surface area contributed by atoms with Crippen LogP contribution in [0.25, 0.3) is 0 Å². The predicted molar refractivity (Wildman–Crippen MR) is 141 cm³/mol. The van der Waals surface area contributed by atoms with E-state index in [9.17, 15) is 9.59 Å². The van der Waals surface area contributed by atoms with E-state index in [0.717, 1.165) is 16.7 Å². The lowest BCUT2D eigenvalue weighted by Crippen LogP contribution is -2.51. The molecule has 2 heterocycles. The van der Waals surface area contributed by atoms with Crippen molar-refractivity contribution in [3.05, 3.63) is 95.1 Å². The summed E-state index contributed by atoms with van der Waals surface area (Å²) in [5, 5.41) is 8.99. The molecule has 0 fully saturated rings. The van der Waals surface area contributed by atoms with Crippen LogP contribution >= 0.6 is 0 Å². The molecule has 0 aromatic heterocycles. The van der Waals surface area contributed by atoms with E-state index in [-0.39, 0.29) is 25.5 Å². The van der Waals surface area contributed by atoms with Gasteiger partial charge in [-0.25, -0.2) is 4.99 Å². The Balaban J connectivity index is 1.62. The molecule has 5 rings (SSSR count). The van der Waals surface area contributed by atoms with Gasteiger partial charge in [-0.1, -0.05) is 36.4 Å². The van der Waals surface area contributed by atoms with Gasteiger partial charge in [-0.15, -0.1) is 0 Å². The average Bonchev–Trinajstić information content (AvgIpc) is 3.27. The number of carbonyl (C=O) groups excluding carboxylic acids is 2. The SMILES string of the molecule is COc1cccc([C@@H]2OC(c3ccc(OCCCO)cc3)=N[C@@]23Cc2ccccc2CN(C(C)=O)C3=O)c1. The Bertz CT molecular complexity index is 1370. The standard InChI is InChI=1S/C30H30N2O6/c1-20(34)32-19-24-8-4-3-7-23(24)18-30(29(32)35)27(22-9-5-10-26(17-22)36-2)38-28(31-30)21-11-13-25(14-12-21)37-16-6-15-33/h3-5,7-14,17,27,33H,6,15-16,18-19H2,1-2H3/t27-,30-/m0/s1. The van der Waals surface area contributed by atoms with Crippen molar-refractivity contribution in [2.24, 2.45) is 4.99 Å². The number of methoxy groups -OCH3 is 1. The van der Waals surface area contributed by atoms with Crippen LogP contribution in [0.5, 0.6) is 11.5 Å². The summed E-state index contributed by atoms with van der Waals surface area (Å²) in [6.07, 6.45) is 0.0338. The second-order valence-electron chi connectivity index (χ2n) is 9.42. The van der Waals surface area contributed by atoms with E-state index in [1.165, 1.54) is 11.8 Å². The van der Waals surface area contributed by atoms with Crippen molar-refractivity contribution in [3.8, 4) is 11.5 Å². The maximum absolute atomic E-state index is 14.2. The molecule has 2 amide bonds. The van der Waals surface area contributed by atoms with Crippen LogP contribution in [0, 0.1) is 0 Å². The summed E-state index contributed by atoms with van der Waals surface area (Å²) in [6.45, 7) is 2.05. The first kappa shape index (κ1) is 25.5. The highest BCUT2D eigenvalue weighted by Crippen LogP contribution is 2.46. The smallest absolute Gasteiger partial charge is 0.262 e. The van der Waals surface area contributed by atoms with Crippen molar-refractivity contribution in [1.82, 2.24) is 4.90 Å². The first-order valence-electron chi connectivity index (χ1n) is 12.6. The van der Waals surface area contributed by atoms with Gasteiger partial charge in [0, 0.05) is 31.9 Å². The van der Waals surface area contributed by atoms with E-state index in [1.807, 2.05) is 60.7 Å². The number of carbonyl (C=O) groups is 2. The van der Waals surface area contributed by atoms with E-state index < -0.39 is 17.6 Å². The van der Waals surface area contributed by atoms with Crippen molar-refractivity contribution < 1.29 is 28.9 Å². The van der Waals surface area contributed by atoms with Gasteiger partial charge in [-0.2, -0.15) is 0 Å². The first-order chi connectivity index (χ1) is 18.4. The molecule has 0 bridgehead atoms. The van der Waals surface area contributed by atoms with Crippen LogP contribution in [0.15, 0.2) is 77.8 Å². The molecule has 0 radical (unpaired) electrons. The molecule has 8 nitrogen and oxygen atoms in total. The summed E-state index contributed by atoms with van der Waals surface area (Å²) >= 11 is 0. The first-order valence-corrected chi connectivity index (χ1v) is 12.6. The van der Waals surface area contributed by atoms with Crippen molar-refractivity contribution in [1.29, 1.82) is 0 Å². The Kier molecular flexibility index (Phi) is 7.15. The van der Waals surface area contributed by atoms with Crippen LogP contribution in [-0.2, 0) is 27.3 Å². The topological polar surface area (TPSA) is 97.7 Å². The number of imide groups is 1. The molecule has 196 valence electrons. The molecular weight excluding hydrogens is 484 g/mol. The summed E-state index contributed by atoms with van der Waals surface area (Å²) in [5.74, 6) is 0.860. The van der Waals surface area contributed by atoms with E-state index >= 15 is 0 Å². The summed E-state index contributed by atoms with van der Waals surface area (Å²) in [4.78, 5) is 33.2. The van der Waals surface area contributed by atoms with E-state index in [2.05, 4.69) is 0 Å². The molecule has 38 heavy (non-hydrogen) atoms. The molecule has 0 saturated carbocycles. The van der Waals surface area contributed by atoms with Gasteiger partial charge in [0.2, 0.25) is 11.8 Å². The van der Waals surface area contributed by atoms with Crippen molar-refractivity contribution in [2.45, 2.75) is 38.0 Å². The number of benzene rings is 3. The Morgan fingerprint density at radius 2 is 1.84 bits per heavy atom. The minimum absolute atomic E-state index is 0.0604. The zero-order chi connectivity index (χ0) is 26.7. The lowest BCUT2D eigenvalue weighted by Gasteiger charge is -2.32. The van der Waals surface area contributed by atoms with Crippen LogP contribution in [0.2, 0.25) is 0 Å². The number of nitrogens with zero attached hydrogens (tertiary/aromatic N) is 2. The van der Waals surface area contributed by atoms with Gasteiger partial charge in [0.1, 0.15) is 11.5 Å².